The van der Waals surface area contributed by atoms with Crippen LogP contribution in [0.4, 0.5) is 0 Å². The van der Waals surface area contributed by atoms with Crippen molar-refractivity contribution in [1.82, 2.24) is 0 Å². The minimum atomic E-state index is -0.768. The molecule has 1 aromatic rings. The highest BCUT2D eigenvalue weighted by Crippen LogP contribution is 2.31. The molecule has 1 rings (SSSR count). The van der Waals surface area contributed by atoms with Gasteiger partial charge in [-0.05, 0) is 38.3 Å². The van der Waals surface area contributed by atoms with E-state index in [1.807, 2.05) is 39.0 Å². The van der Waals surface area contributed by atoms with Gasteiger partial charge < -0.3 is 5.11 Å². The van der Waals surface area contributed by atoms with E-state index in [0.29, 0.717) is 6.42 Å². The van der Waals surface area contributed by atoms with E-state index in [1.54, 1.807) is 6.92 Å². The first-order chi connectivity index (χ1) is 6.91. The largest absolute Gasteiger partial charge is 0.481 e. The van der Waals surface area contributed by atoms with E-state index in [0.717, 1.165) is 16.7 Å². The molecule has 0 aliphatic rings. The highest BCUT2D eigenvalue weighted by molar-refractivity contribution is 5.81. The normalized spacial score (nSPS) is 14.7. The molecule has 1 atom stereocenters. The quantitative estimate of drug-likeness (QED) is 0.825. The van der Waals surface area contributed by atoms with Gasteiger partial charge in [-0.15, -0.1) is 0 Å². The molecule has 0 aliphatic heterocycles. The van der Waals surface area contributed by atoms with Gasteiger partial charge in [0.1, 0.15) is 0 Å². The number of aryl methyl sites for hydroxylation is 2. The van der Waals surface area contributed by atoms with Crippen molar-refractivity contribution in [3.05, 3.63) is 34.9 Å². The molecule has 1 unspecified atom stereocenters. The lowest BCUT2D eigenvalue weighted by Gasteiger charge is -2.25. The predicted molar refractivity (Wildman–Crippen MR) is 61.2 cm³/mol. The van der Waals surface area contributed by atoms with Crippen LogP contribution >= 0.6 is 0 Å². The highest BCUT2D eigenvalue weighted by atomic mass is 16.4. The third-order valence-corrected chi connectivity index (χ3v) is 3.17. The molecule has 1 N–H and O–H groups in total. The van der Waals surface area contributed by atoms with Crippen molar-refractivity contribution in [2.75, 3.05) is 0 Å². The Hall–Kier alpha value is -1.31. The molecule has 0 radical (unpaired) electrons. The van der Waals surface area contributed by atoms with E-state index < -0.39 is 11.4 Å². The van der Waals surface area contributed by atoms with Gasteiger partial charge in [0.05, 0.1) is 5.41 Å². The van der Waals surface area contributed by atoms with E-state index >= 15 is 0 Å². The minimum absolute atomic E-state index is 0.604. The second-order valence-electron chi connectivity index (χ2n) is 4.31. The number of rotatable bonds is 3. The average molecular weight is 206 g/mol. The Kier molecular flexibility index (Phi) is 3.18. The molecule has 2 nitrogen and oxygen atoms in total. The van der Waals surface area contributed by atoms with E-state index in [-0.39, 0.29) is 0 Å². The molecular formula is C13H18O2. The van der Waals surface area contributed by atoms with E-state index in [2.05, 4.69) is 0 Å². The van der Waals surface area contributed by atoms with Crippen LogP contribution in [0.25, 0.3) is 0 Å². The molecule has 0 saturated heterocycles. The Bertz CT molecular complexity index is 382. The molecule has 2 heteroatoms. The van der Waals surface area contributed by atoms with Gasteiger partial charge in [-0.2, -0.15) is 0 Å². The topological polar surface area (TPSA) is 37.3 Å². The number of hydrogen-bond donors (Lipinski definition) is 1. The first-order valence-electron chi connectivity index (χ1n) is 5.23. The second kappa shape index (κ2) is 4.05. The summed E-state index contributed by atoms with van der Waals surface area (Å²) in [4.78, 5) is 11.3. The third kappa shape index (κ3) is 2.04. The van der Waals surface area contributed by atoms with E-state index in [1.165, 1.54) is 0 Å². The van der Waals surface area contributed by atoms with Crippen LogP contribution in [0.1, 0.15) is 37.0 Å². The highest BCUT2D eigenvalue weighted by Gasteiger charge is 2.34. The summed E-state index contributed by atoms with van der Waals surface area (Å²) in [6.45, 7) is 7.65. The molecule has 0 heterocycles. The molecule has 0 fully saturated rings. The lowest BCUT2D eigenvalue weighted by molar-refractivity contribution is -0.143. The number of aliphatic carboxylic acids is 1. The Morgan fingerprint density at radius 2 is 2.00 bits per heavy atom. The Balaban J connectivity index is 3.35. The zero-order valence-corrected chi connectivity index (χ0v) is 9.79. The summed E-state index contributed by atoms with van der Waals surface area (Å²) in [5.41, 5.74) is 2.32. The molecule has 0 spiro atoms. The number of carbonyl (C=O) groups is 1. The van der Waals surface area contributed by atoms with Crippen molar-refractivity contribution < 1.29 is 9.90 Å². The van der Waals surface area contributed by atoms with Crippen molar-refractivity contribution in [2.45, 2.75) is 39.5 Å². The molecule has 0 saturated carbocycles. The van der Waals surface area contributed by atoms with Crippen LogP contribution in [-0.4, -0.2) is 11.1 Å². The third-order valence-electron chi connectivity index (χ3n) is 3.17. The zero-order chi connectivity index (χ0) is 11.6. The smallest absolute Gasteiger partial charge is 0.313 e. The van der Waals surface area contributed by atoms with Crippen molar-refractivity contribution >= 4 is 5.97 Å². The van der Waals surface area contributed by atoms with Crippen molar-refractivity contribution in [3.8, 4) is 0 Å². The molecular weight excluding hydrogens is 188 g/mol. The van der Waals surface area contributed by atoms with E-state index in [9.17, 15) is 9.90 Å². The summed E-state index contributed by atoms with van der Waals surface area (Å²) in [6, 6.07) is 5.98. The van der Waals surface area contributed by atoms with Crippen LogP contribution < -0.4 is 0 Å². The maximum atomic E-state index is 11.3. The van der Waals surface area contributed by atoms with Gasteiger partial charge in [0, 0.05) is 0 Å². The first-order valence-corrected chi connectivity index (χ1v) is 5.23. The first kappa shape index (κ1) is 11.8. The van der Waals surface area contributed by atoms with Crippen LogP contribution in [0.5, 0.6) is 0 Å². The van der Waals surface area contributed by atoms with Crippen molar-refractivity contribution in [2.24, 2.45) is 0 Å². The molecule has 1 aromatic carbocycles. The maximum Gasteiger partial charge on any atom is 0.313 e. The Labute approximate surface area is 90.9 Å². The number of hydrogen-bond acceptors (Lipinski definition) is 1. The Morgan fingerprint density at radius 1 is 1.40 bits per heavy atom. The molecule has 82 valence electrons. The van der Waals surface area contributed by atoms with Gasteiger partial charge in [0.25, 0.3) is 0 Å². The predicted octanol–water partition coefficient (Wildman–Crippen LogP) is 3.06. The Morgan fingerprint density at radius 3 is 2.47 bits per heavy atom. The summed E-state index contributed by atoms with van der Waals surface area (Å²) < 4.78 is 0. The van der Waals surface area contributed by atoms with Crippen LogP contribution in [-0.2, 0) is 10.2 Å². The van der Waals surface area contributed by atoms with Gasteiger partial charge in [-0.3, -0.25) is 4.79 Å². The van der Waals surface area contributed by atoms with Gasteiger partial charge in [-0.1, -0.05) is 30.7 Å². The van der Waals surface area contributed by atoms with Crippen LogP contribution in [0, 0.1) is 13.8 Å². The average Bonchev–Trinajstić information content (AvgIpc) is 2.20. The van der Waals surface area contributed by atoms with Crippen LogP contribution in [0.15, 0.2) is 18.2 Å². The zero-order valence-electron chi connectivity index (χ0n) is 9.79. The fourth-order valence-corrected chi connectivity index (χ4v) is 1.79. The summed E-state index contributed by atoms with van der Waals surface area (Å²) in [5, 5.41) is 9.30. The number of carboxylic acids is 1. The van der Waals surface area contributed by atoms with Gasteiger partial charge in [0.2, 0.25) is 0 Å². The molecule has 0 aromatic heterocycles. The molecule has 0 aliphatic carbocycles. The van der Waals surface area contributed by atoms with Crippen LogP contribution in [0.3, 0.4) is 0 Å². The molecule has 0 bridgehead atoms. The van der Waals surface area contributed by atoms with Crippen molar-refractivity contribution in [3.63, 3.8) is 0 Å². The molecule has 15 heavy (non-hydrogen) atoms. The van der Waals surface area contributed by atoms with Gasteiger partial charge in [-0.25, -0.2) is 0 Å². The number of benzene rings is 1. The second-order valence-corrected chi connectivity index (χ2v) is 4.31. The van der Waals surface area contributed by atoms with Gasteiger partial charge in [0.15, 0.2) is 0 Å². The van der Waals surface area contributed by atoms with Crippen LogP contribution in [0.2, 0.25) is 0 Å². The molecule has 0 amide bonds. The summed E-state index contributed by atoms with van der Waals surface area (Å²) in [6.07, 6.45) is 0.604. The maximum absolute atomic E-state index is 11.3. The monoisotopic (exact) mass is 206 g/mol. The van der Waals surface area contributed by atoms with E-state index in [4.69, 9.17) is 0 Å². The minimum Gasteiger partial charge on any atom is -0.481 e. The SMILES string of the molecule is CCC(C)(C(=O)O)c1cc(C)ccc1C. The summed E-state index contributed by atoms with van der Waals surface area (Å²) >= 11 is 0. The fourth-order valence-electron chi connectivity index (χ4n) is 1.79. The standard InChI is InChI=1S/C13H18O2/c1-5-13(4,12(14)15)11-8-9(2)6-7-10(11)3/h6-8H,5H2,1-4H3,(H,14,15). The summed E-state index contributed by atoms with van der Waals surface area (Å²) in [7, 11) is 0. The number of carboxylic acid groups (broad SMARTS) is 1. The van der Waals surface area contributed by atoms with Crippen molar-refractivity contribution in [1.29, 1.82) is 0 Å². The lowest BCUT2D eigenvalue weighted by Crippen LogP contribution is -2.32. The summed E-state index contributed by atoms with van der Waals surface area (Å²) in [5.74, 6) is -0.751. The fraction of sp³-hybridized carbons (Fsp3) is 0.462. The van der Waals surface area contributed by atoms with Gasteiger partial charge >= 0.3 is 5.97 Å². The lowest BCUT2D eigenvalue weighted by atomic mass is 9.77.